The summed E-state index contributed by atoms with van der Waals surface area (Å²) in [4.78, 5) is 23.8. The Morgan fingerprint density at radius 1 is 1.35 bits per heavy atom. The quantitative estimate of drug-likeness (QED) is 0.654. The zero-order valence-corrected chi connectivity index (χ0v) is 11.5. The zero-order valence-electron chi connectivity index (χ0n) is 11.5. The van der Waals surface area contributed by atoms with Crippen molar-refractivity contribution >= 4 is 17.4 Å². The van der Waals surface area contributed by atoms with Gasteiger partial charge in [-0.1, -0.05) is 6.92 Å². The average molecular weight is 277 g/mol. The van der Waals surface area contributed by atoms with Gasteiger partial charge in [0.2, 0.25) is 5.91 Å². The van der Waals surface area contributed by atoms with E-state index >= 15 is 0 Å². The molecule has 1 saturated heterocycles. The highest BCUT2D eigenvalue weighted by molar-refractivity contribution is 5.99. The number of nitrogens with one attached hydrogen (secondary N) is 1. The predicted molar refractivity (Wildman–Crippen MR) is 74.9 cm³/mol. The Labute approximate surface area is 117 Å². The van der Waals surface area contributed by atoms with E-state index in [1.165, 1.54) is 12.1 Å². The number of ether oxygens (including phenoxy) is 1. The van der Waals surface area contributed by atoms with Gasteiger partial charge < -0.3 is 15.2 Å². The number of benzene rings is 1. The van der Waals surface area contributed by atoms with E-state index in [0.717, 1.165) is 0 Å². The number of hydrogen-bond acceptors (Lipinski definition) is 4. The van der Waals surface area contributed by atoms with Gasteiger partial charge in [0.25, 0.3) is 0 Å². The number of phenols is 1. The Morgan fingerprint density at radius 2 is 2.05 bits per heavy atom. The molecule has 1 amide bonds. The SMILES string of the molecule is CCC(=O)c1ccc(O)c(NC(=O)C2CCOCC2)c1. The number of amides is 1. The molecular formula is C15H19NO4. The lowest BCUT2D eigenvalue weighted by atomic mass is 9.99. The van der Waals surface area contributed by atoms with Crippen molar-refractivity contribution < 1.29 is 19.4 Å². The highest BCUT2D eigenvalue weighted by Gasteiger charge is 2.22. The molecule has 108 valence electrons. The van der Waals surface area contributed by atoms with Crippen molar-refractivity contribution in [1.82, 2.24) is 0 Å². The first-order valence-electron chi connectivity index (χ1n) is 6.86. The molecule has 20 heavy (non-hydrogen) atoms. The minimum atomic E-state index is -0.135. The number of rotatable bonds is 4. The summed E-state index contributed by atoms with van der Waals surface area (Å²) in [6.07, 6.45) is 1.75. The van der Waals surface area contributed by atoms with E-state index in [1.54, 1.807) is 13.0 Å². The fourth-order valence-corrected chi connectivity index (χ4v) is 2.21. The van der Waals surface area contributed by atoms with E-state index in [2.05, 4.69) is 5.32 Å². The molecule has 0 radical (unpaired) electrons. The second-order valence-corrected chi connectivity index (χ2v) is 4.88. The molecule has 1 aliphatic heterocycles. The van der Waals surface area contributed by atoms with Crippen molar-refractivity contribution in [2.24, 2.45) is 5.92 Å². The molecule has 2 N–H and O–H groups in total. The van der Waals surface area contributed by atoms with Crippen LogP contribution in [0.5, 0.6) is 5.75 Å². The number of carbonyl (C=O) groups excluding carboxylic acids is 2. The van der Waals surface area contributed by atoms with Crippen LogP contribution in [0.4, 0.5) is 5.69 Å². The lowest BCUT2D eigenvalue weighted by molar-refractivity contribution is -0.122. The number of ketones is 1. The van der Waals surface area contributed by atoms with E-state index < -0.39 is 0 Å². The predicted octanol–water partition coefficient (Wildman–Crippen LogP) is 2.35. The Bertz CT molecular complexity index is 507. The van der Waals surface area contributed by atoms with Gasteiger partial charge in [-0.3, -0.25) is 9.59 Å². The van der Waals surface area contributed by atoms with Crippen molar-refractivity contribution in [3.05, 3.63) is 23.8 Å². The van der Waals surface area contributed by atoms with Crippen molar-refractivity contribution in [3.8, 4) is 5.75 Å². The van der Waals surface area contributed by atoms with Crippen LogP contribution in [0.25, 0.3) is 0 Å². The van der Waals surface area contributed by atoms with E-state index in [0.29, 0.717) is 43.7 Å². The monoisotopic (exact) mass is 277 g/mol. The Kier molecular flexibility index (Phi) is 4.74. The van der Waals surface area contributed by atoms with Crippen LogP contribution in [-0.4, -0.2) is 30.0 Å². The normalized spacial score (nSPS) is 15.8. The van der Waals surface area contributed by atoms with E-state index in [4.69, 9.17) is 4.74 Å². The fourth-order valence-electron chi connectivity index (χ4n) is 2.21. The third-order valence-corrected chi connectivity index (χ3v) is 3.49. The maximum Gasteiger partial charge on any atom is 0.227 e. The zero-order chi connectivity index (χ0) is 14.5. The number of Topliss-reactive ketones (excluding diaryl/α,β-unsaturated/α-hetero) is 1. The van der Waals surface area contributed by atoms with Gasteiger partial charge in [-0.25, -0.2) is 0 Å². The lowest BCUT2D eigenvalue weighted by Crippen LogP contribution is -2.28. The summed E-state index contributed by atoms with van der Waals surface area (Å²) in [5.74, 6) is -0.289. The fraction of sp³-hybridized carbons (Fsp3) is 0.467. The smallest absolute Gasteiger partial charge is 0.227 e. The minimum Gasteiger partial charge on any atom is -0.506 e. The largest absolute Gasteiger partial charge is 0.506 e. The van der Waals surface area contributed by atoms with Gasteiger partial charge in [0.1, 0.15) is 5.75 Å². The third-order valence-electron chi connectivity index (χ3n) is 3.49. The topological polar surface area (TPSA) is 75.6 Å². The minimum absolute atomic E-state index is 0.0217. The summed E-state index contributed by atoms with van der Waals surface area (Å²) in [7, 11) is 0. The average Bonchev–Trinajstić information content (AvgIpc) is 2.49. The number of anilines is 1. The molecule has 0 saturated carbocycles. The summed E-state index contributed by atoms with van der Waals surface area (Å²) >= 11 is 0. The van der Waals surface area contributed by atoms with Crippen LogP contribution < -0.4 is 5.32 Å². The number of carbonyl (C=O) groups is 2. The molecule has 0 atom stereocenters. The first-order chi connectivity index (χ1) is 9.61. The molecule has 5 nitrogen and oxygen atoms in total. The van der Waals surface area contributed by atoms with E-state index in [9.17, 15) is 14.7 Å². The third kappa shape index (κ3) is 3.36. The van der Waals surface area contributed by atoms with Crippen molar-refractivity contribution in [3.63, 3.8) is 0 Å². The molecule has 2 rings (SSSR count). The van der Waals surface area contributed by atoms with Crippen LogP contribution in [0.3, 0.4) is 0 Å². The van der Waals surface area contributed by atoms with Crippen LogP contribution in [0.1, 0.15) is 36.5 Å². The Balaban J connectivity index is 2.11. The van der Waals surface area contributed by atoms with Gasteiger partial charge in [-0.15, -0.1) is 0 Å². The second kappa shape index (κ2) is 6.52. The maximum absolute atomic E-state index is 12.1. The Hall–Kier alpha value is -1.88. The summed E-state index contributed by atoms with van der Waals surface area (Å²) < 4.78 is 5.21. The molecule has 1 aromatic rings. The highest BCUT2D eigenvalue weighted by Crippen LogP contribution is 2.26. The van der Waals surface area contributed by atoms with Crippen molar-refractivity contribution in [2.45, 2.75) is 26.2 Å². The number of hydrogen-bond donors (Lipinski definition) is 2. The Morgan fingerprint density at radius 3 is 2.70 bits per heavy atom. The standard InChI is InChI=1S/C15H19NO4/c1-2-13(17)11-3-4-14(18)12(9-11)16-15(19)10-5-7-20-8-6-10/h3-4,9-10,18H,2,5-8H2,1H3,(H,16,19). The van der Waals surface area contributed by atoms with Crippen LogP contribution in [0.15, 0.2) is 18.2 Å². The first kappa shape index (κ1) is 14.5. The van der Waals surface area contributed by atoms with Gasteiger partial charge in [0, 0.05) is 31.1 Å². The van der Waals surface area contributed by atoms with Gasteiger partial charge in [0.05, 0.1) is 5.69 Å². The first-order valence-corrected chi connectivity index (χ1v) is 6.86. The van der Waals surface area contributed by atoms with Crippen LogP contribution in [-0.2, 0) is 9.53 Å². The molecule has 0 spiro atoms. The van der Waals surface area contributed by atoms with Crippen molar-refractivity contribution in [2.75, 3.05) is 18.5 Å². The van der Waals surface area contributed by atoms with Crippen LogP contribution in [0, 0.1) is 5.92 Å². The molecule has 0 aromatic heterocycles. The van der Waals surface area contributed by atoms with Gasteiger partial charge >= 0.3 is 0 Å². The number of aromatic hydroxyl groups is 1. The highest BCUT2D eigenvalue weighted by atomic mass is 16.5. The van der Waals surface area contributed by atoms with Gasteiger partial charge in [-0.05, 0) is 31.0 Å². The summed E-state index contributed by atoms with van der Waals surface area (Å²) in [6.45, 7) is 2.94. The summed E-state index contributed by atoms with van der Waals surface area (Å²) in [5.41, 5.74) is 0.786. The van der Waals surface area contributed by atoms with E-state index in [1.807, 2.05) is 0 Å². The molecule has 5 heteroatoms. The summed E-state index contributed by atoms with van der Waals surface area (Å²) in [6, 6.07) is 4.52. The molecule has 1 aliphatic rings. The molecule has 0 unspecified atom stereocenters. The second-order valence-electron chi connectivity index (χ2n) is 4.88. The van der Waals surface area contributed by atoms with Crippen LogP contribution in [0.2, 0.25) is 0 Å². The van der Waals surface area contributed by atoms with Gasteiger partial charge in [0.15, 0.2) is 5.78 Å². The lowest BCUT2D eigenvalue weighted by Gasteiger charge is -2.21. The molecule has 0 bridgehead atoms. The molecule has 1 aromatic carbocycles. The van der Waals surface area contributed by atoms with Gasteiger partial charge in [-0.2, -0.15) is 0 Å². The summed E-state index contributed by atoms with van der Waals surface area (Å²) in [5, 5.41) is 12.5. The number of phenolic OH excluding ortho intramolecular Hbond substituents is 1. The van der Waals surface area contributed by atoms with Crippen molar-refractivity contribution in [1.29, 1.82) is 0 Å². The van der Waals surface area contributed by atoms with Crippen LogP contribution >= 0.6 is 0 Å². The molecule has 0 aliphatic carbocycles. The molecule has 1 fully saturated rings. The maximum atomic E-state index is 12.1. The molecular weight excluding hydrogens is 258 g/mol. The van der Waals surface area contributed by atoms with E-state index in [-0.39, 0.29) is 23.4 Å². The molecule has 1 heterocycles.